The van der Waals surface area contributed by atoms with E-state index in [4.69, 9.17) is 9.73 Å². The Morgan fingerprint density at radius 1 is 1.36 bits per heavy atom. The van der Waals surface area contributed by atoms with E-state index in [1.54, 1.807) is 0 Å². The molecule has 1 aliphatic rings. The van der Waals surface area contributed by atoms with Crippen molar-refractivity contribution in [2.75, 3.05) is 38.5 Å². The highest BCUT2D eigenvalue weighted by molar-refractivity contribution is 14.0. The molecular formula is C20H30IN5OS. The average molecular weight is 515 g/mol. The van der Waals surface area contributed by atoms with Gasteiger partial charge in [0, 0.05) is 43.3 Å². The number of hydrogen-bond donors (Lipinski definition) is 1. The number of morpholine rings is 1. The zero-order valence-corrected chi connectivity index (χ0v) is 19.7. The van der Waals surface area contributed by atoms with E-state index in [1.807, 2.05) is 35.9 Å². The first-order chi connectivity index (χ1) is 13.3. The molecule has 0 saturated carbocycles. The minimum absolute atomic E-state index is 0. The molecule has 1 unspecified atom stereocenters. The minimum atomic E-state index is 0. The van der Waals surface area contributed by atoms with Crippen LogP contribution in [0.25, 0.3) is 0 Å². The average Bonchev–Trinajstić information content (AvgIpc) is 3.14. The van der Waals surface area contributed by atoms with Crippen LogP contribution in [0.15, 0.2) is 52.6 Å². The number of nitrogens with zero attached hydrogens (tertiary/aromatic N) is 4. The van der Waals surface area contributed by atoms with Crippen molar-refractivity contribution < 1.29 is 4.74 Å². The molecule has 1 aliphatic heterocycles. The van der Waals surface area contributed by atoms with Crippen LogP contribution in [0.3, 0.4) is 0 Å². The van der Waals surface area contributed by atoms with Crippen LogP contribution in [-0.4, -0.2) is 59.2 Å². The third-order valence-corrected chi connectivity index (χ3v) is 5.47. The molecule has 28 heavy (non-hydrogen) atoms. The minimum Gasteiger partial charge on any atom is -0.370 e. The van der Waals surface area contributed by atoms with Crippen molar-refractivity contribution in [3.63, 3.8) is 0 Å². The summed E-state index contributed by atoms with van der Waals surface area (Å²) in [6.45, 7) is 6.18. The molecule has 2 heterocycles. The fourth-order valence-electron chi connectivity index (χ4n) is 3.03. The summed E-state index contributed by atoms with van der Waals surface area (Å²) in [6.07, 6.45) is 5.02. The van der Waals surface area contributed by atoms with Crippen LogP contribution in [0.2, 0.25) is 0 Å². The summed E-state index contributed by atoms with van der Waals surface area (Å²) in [7, 11) is 1.93. The monoisotopic (exact) mass is 515 g/mol. The third-order valence-electron chi connectivity index (χ3n) is 4.37. The SMILES string of the molecule is CCNC(=NCCCSc1ccccc1)N1CCOC(c2cnn(C)c2)C1.I. The topological polar surface area (TPSA) is 54.7 Å². The first kappa shape index (κ1) is 23.0. The predicted octanol–water partition coefficient (Wildman–Crippen LogP) is 3.56. The van der Waals surface area contributed by atoms with Gasteiger partial charge < -0.3 is 15.0 Å². The predicted molar refractivity (Wildman–Crippen MR) is 127 cm³/mol. The van der Waals surface area contributed by atoms with Crippen molar-refractivity contribution in [3.05, 3.63) is 48.3 Å². The Bertz CT molecular complexity index is 724. The summed E-state index contributed by atoms with van der Waals surface area (Å²) in [5.41, 5.74) is 1.12. The van der Waals surface area contributed by atoms with Gasteiger partial charge in [0.05, 0.1) is 19.3 Å². The van der Waals surface area contributed by atoms with Gasteiger partial charge in [0.15, 0.2) is 5.96 Å². The van der Waals surface area contributed by atoms with Gasteiger partial charge in [0.25, 0.3) is 0 Å². The number of aromatic nitrogens is 2. The Kier molecular flexibility index (Phi) is 10.1. The lowest BCUT2D eigenvalue weighted by Crippen LogP contribution is -2.48. The molecule has 0 spiro atoms. The molecule has 6 nitrogen and oxygen atoms in total. The van der Waals surface area contributed by atoms with Crippen molar-refractivity contribution in [3.8, 4) is 0 Å². The molecular weight excluding hydrogens is 485 g/mol. The molecule has 1 atom stereocenters. The molecule has 1 fully saturated rings. The number of nitrogens with one attached hydrogen (secondary N) is 1. The summed E-state index contributed by atoms with van der Waals surface area (Å²) < 4.78 is 7.77. The van der Waals surface area contributed by atoms with E-state index in [1.165, 1.54) is 4.90 Å². The van der Waals surface area contributed by atoms with Crippen LogP contribution >= 0.6 is 35.7 Å². The van der Waals surface area contributed by atoms with E-state index >= 15 is 0 Å². The van der Waals surface area contributed by atoms with Crippen LogP contribution in [0.5, 0.6) is 0 Å². The fourth-order valence-corrected chi connectivity index (χ4v) is 3.89. The number of halogens is 1. The molecule has 0 aliphatic carbocycles. The van der Waals surface area contributed by atoms with Crippen molar-refractivity contribution in [1.29, 1.82) is 0 Å². The molecule has 1 saturated heterocycles. The van der Waals surface area contributed by atoms with Crippen LogP contribution in [-0.2, 0) is 11.8 Å². The highest BCUT2D eigenvalue weighted by Crippen LogP contribution is 2.22. The zero-order valence-electron chi connectivity index (χ0n) is 16.6. The summed E-state index contributed by atoms with van der Waals surface area (Å²) >= 11 is 1.89. The normalized spacial score (nSPS) is 17.3. The second-order valence-electron chi connectivity index (χ2n) is 6.50. The van der Waals surface area contributed by atoms with Crippen molar-refractivity contribution in [1.82, 2.24) is 20.0 Å². The molecule has 1 N–H and O–H groups in total. The fraction of sp³-hybridized carbons (Fsp3) is 0.500. The Morgan fingerprint density at radius 2 is 2.18 bits per heavy atom. The lowest BCUT2D eigenvalue weighted by atomic mass is 10.1. The Morgan fingerprint density at radius 3 is 2.89 bits per heavy atom. The van der Waals surface area contributed by atoms with Crippen molar-refractivity contribution >= 4 is 41.7 Å². The van der Waals surface area contributed by atoms with Crippen LogP contribution in [0.4, 0.5) is 0 Å². The highest BCUT2D eigenvalue weighted by Gasteiger charge is 2.25. The van der Waals surface area contributed by atoms with Gasteiger partial charge in [-0.25, -0.2) is 0 Å². The number of rotatable bonds is 7. The lowest BCUT2D eigenvalue weighted by molar-refractivity contribution is -0.00803. The lowest BCUT2D eigenvalue weighted by Gasteiger charge is -2.34. The molecule has 2 aromatic rings. The molecule has 1 aromatic heterocycles. The number of aryl methyl sites for hydroxylation is 1. The molecule has 154 valence electrons. The van der Waals surface area contributed by atoms with E-state index in [9.17, 15) is 0 Å². The maximum absolute atomic E-state index is 5.95. The number of hydrogen-bond acceptors (Lipinski definition) is 4. The zero-order chi connectivity index (χ0) is 18.9. The summed E-state index contributed by atoms with van der Waals surface area (Å²) in [4.78, 5) is 8.46. The van der Waals surface area contributed by atoms with E-state index in [0.717, 1.165) is 49.9 Å². The van der Waals surface area contributed by atoms with Gasteiger partial charge in [0.2, 0.25) is 0 Å². The summed E-state index contributed by atoms with van der Waals surface area (Å²) in [5.74, 6) is 2.06. The summed E-state index contributed by atoms with van der Waals surface area (Å²) in [6, 6.07) is 10.5. The largest absolute Gasteiger partial charge is 0.370 e. The van der Waals surface area contributed by atoms with Gasteiger partial charge in [0.1, 0.15) is 6.10 Å². The maximum Gasteiger partial charge on any atom is 0.194 e. The van der Waals surface area contributed by atoms with Gasteiger partial charge in [-0.15, -0.1) is 35.7 Å². The molecule has 8 heteroatoms. The Labute approximate surface area is 189 Å². The van der Waals surface area contributed by atoms with Gasteiger partial charge in [-0.05, 0) is 31.2 Å². The van der Waals surface area contributed by atoms with Gasteiger partial charge in [-0.1, -0.05) is 18.2 Å². The van der Waals surface area contributed by atoms with Crippen molar-refractivity contribution in [2.45, 2.75) is 24.3 Å². The van der Waals surface area contributed by atoms with Crippen LogP contribution < -0.4 is 5.32 Å². The standard InChI is InChI=1S/C20H29N5OS.HI/c1-3-21-20(22-10-7-13-27-18-8-5-4-6-9-18)25-11-12-26-19(16-25)17-14-23-24(2)15-17;/h4-6,8-9,14-15,19H,3,7,10-13,16H2,1-2H3,(H,21,22);1H. The Hall–Kier alpha value is -1.26. The second kappa shape index (κ2) is 12.3. The van der Waals surface area contributed by atoms with E-state index < -0.39 is 0 Å². The number of aliphatic imine (C=N–C) groups is 1. The Balaban J connectivity index is 0.00000280. The maximum atomic E-state index is 5.95. The molecule has 1 aromatic carbocycles. The number of ether oxygens (including phenoxy) is 1. The second-order valence-corrected chi connectivity index (χ2v) is 7.67. The number of thioether (sulfide) groups is 1. The molecule has 0 amide bonds. The van der Waals surface area contributed by atoms with Gasteiger partial charge in [-0.2, -0.15) is 5.10 Å². The number of guanidine groups is 1. The molecule has 0 bridgehead atoms. The van der Waals surface area contributed by atoms with Gasteiger partial charge in [-0.3, -0.25) is 9.67 Å². The van der Waals surface area contributed by atoms with Crippen molar-refractivity contribution in [2.24, 2.45) is 12.0 Å². The molecule has 0 radical (unpaired) electrons. The smallest absolute Gasteiger partial charge is 0.194 e. The number of benzene rings is 1. The van der Waals surface area contributed by atoms with Crippen LogP contribution in [0, 0.1) is 0 Å². The molecule has 3 rings (SSSR count). The quantitative estimate of drug-likeness (QED) is 0.201. The first-order valence-corrected chi connectivity index (χ1v) is 10.6. The summed E-state index contributed by atoms with van der Waals surface area (Å²) in [5, 5.41) is 7.69. The third kappa shape index (κ3) is 6.97. The van der Waals surface area contributed by atoms with Gasteiger partial charge >= 0.3 is 0 Å². The first-order valence-electron chi connectivity index (χ1n) is 9.57. The van der Waals surface area contributed by atoms with E-state index in [2.05, 4.69) is 52.6 Å². The van der Waals surface area contributed by atoms with E-state index in [-0.39, 0.29) is 30.1 Å². The highest BCUT2D eigenvalue weighted by atomic mass is 127. The van der Waals surface area contributed by atoms with E-state index in [0.29, 0.717) is 6.61 Å². The van der Waals surface area contributed by atoms with Crippen LogP contribution in [0.1, 0.15) is 25.0 Å².